The molecule has 0 saturated heterocycles. The lowest BCUT2D eigenvalue weighted by Crippen LogP contribution is -2.49. The molecule has 2 aromatic rings. The molecule has 11 heteroatoms. The van der Waals surface area contributed by atoms with Crippen molar-refractivity contribution in [2.45, 2.75) is 40.8 Å². The summed E-state index contributed by atoms with van der Waals surface area (Å²) in [7, 11) is 11.8. The molecule has 0 spiro atoms. The van der Waals surface area contributed by atoms with Crippen molar-refractivity contribution in [2.75, 3.05) is 21.3 Å². The highest BCUT2D eigenvalue weighted by Crippen LogP contribution is 2.55. The number of hydrogen-bond acceptors (Lipinski definition) is 10. The quantitative estimate of drug-likeness (QED) is 0.193. The van der Waals surface area contributed by atoms with E-state index in [1.807, 2.05) is 36.5 Å². The lowest BCUT2D eigenvalue weighted by molar-refractivity contribution is 0.105. The van der Waals surface area contributed by atoms with Crippen molar-refractivity contribution in [3.8, 4) is 0 Å². The summed E-state index contributed by atoms with van der Waals surface area (Å²) in [6.45, 7) is 0. The van der Waals surface area contributed by atoms with Gasteiger partial charge < -0.3 is 13.3 Å². The van der Waals surface area contributed by atoms with E-state index in [2.05, 4.69) is 23.2 Å². The third-order valence-electron chi connectivity index (χ3n) is 4.59. The molecule has 1 saturated carbocycles. The first-order valence-corrected chi connectivity index (χ1v) is 17.4. The predicted molar refractivity (Wildman–Crippen MR) is 129 cm³/mol. The fraction of sp³-hybridized carbons (Fsp3) is 0.562. The summed E-state index contributed by atoms with van der Waals surface area (Å²) in [6.07, 6.45) is 4.71. The molecule has 2 atom stereocenters. The fourth-order valence-electron chi connectivity index (χ4n) is 3.32. The van der Waals surface area contributed by atoms with Crippen LogP contribution in [-0.4, -0.2) is 40.4 Å². The van der Waals surface area contributed by atoms with Gasteiger partial charge in [-0.3, -0.25) is 0 Å². The minimum absolute atomic E-state index is 0.402. The Morgan fingerprint density at radius 2 is 1.81 bits per heavy atom. The van der Waals surface area contributed by atoms with Gasteiger partial charge in [0.25, 0.3) is 0 Å². The monoisotopic (exact) mass is 497 g/mol. The molecule has 4 nitrogen and oxygen atoms in total. The summed E-state index contributed by atoms with van der Waals surface area (Å²) < 4.78 is 19.5. The molecule has 1 aromatic carbocycles. The van der Waals surface area contributed by atoms with Crippen molar-refractivity contribution < 1.29 is 13.3 Å². The van der Waals surface area contributed by atoms with Crippen LogP contribution >= 0.6 is 62.4 Å². The summed E-state index contributed by atoms with van der Waals surface area (Å²) >= 11 is 1.76. The van der Waals surface area contributed by atoms with Crippen molar-refractivity contribution in [3.05, 3.63) is 24.3 Å². The van der Waals surface area contributed by atoms with E-state index >= 15 is 0 Å². The van der Waals surface area contributed by atoms with Crippen LogP contribution < -0.4 is 0 Å². The van der Waals surface area contributed by atoms with E-state index < -0.39 is 8.80 Å². The second-order valence-electron chi connectivity index (χ2n) is 6.03. The molecule has 1 heterocycles. The topological polar surface area (TPSA) is 40.6 Å². The number of para-hydroxylation sites is 1. The van der Waals surface area contributed by atoms with Gasteiger partial charge in [-0.25, -0.2) is 4.98 Å². The first-order valence-electron chi connectivity index (χ1n) is 8.55. The number of benzene rings is 1. The zero-order chi connectivity index (χ0) is 19.1. The molecule has 27 heavy (non-hydrogen) atoms. The van der Waals surface area contributed by atoms with Gasteiger partial charge in [-0.2, -0.15) is 0 Å². The summed E-state index contributed by atoms with van der Waals surface area (Å²) in [5, 5.41) is 0.627. The Morgan fingerprint density at radius 3 is 2.56 bits per heavy atom. The third kappa shape index (κ3) is 5.99. The SMILES string of the molecule is CO[Si](OC)(OC)C1CCCC(SSSSSc2nc3ccccc3s2)C1. The third-order valence-corrected chi connectivity index (χ3v) is 18.0. The smallest absolute Gasteiger partial charge is 0.377 e. The van der Waals surface area contributed by atoms with Gasteiger partial charge in [0.05, 0.1) is 10.2 Å². The zero-order valence-electron chi connectivity index (χ0n) is 15.4. The van der Waals surface area contributed by atoms with Crippen LogP contribution in [0.2, 0.25) is 5.54 Å². The lowest BCUT2D eigenvalue weighted by Gasteiger charge is -2.37. The van der Waals surface area contributed by atoms with E-state index in [0.29, 0.717) is 10.8 Å². The van der Waals surface area contributed by atoms with E-state index in [4.69, 9.17) is 13.3 Å². The molecule has 150 valence electrons. The van der Waals surface area contributed by atoms with Crippen LogP contribution in [0.1, 0.15) is 25.7 Å². The largest absolute Gasteiger partial charge is 0.503 e. The molecule has 0 N–H and O–H groups in total. The number of fused-ring (bicyclic) bond motifs is 1. The van der Waals surface area contributed by atoms with Crippen LogP contribution in [0.5, 0.6) is 0 Å². The molecular weight excluding hydrogens is 475 g/mol. The van der Waals surface area contributed by atoms with Crippen molar-refractivity contribution in [3.63, 3.8) is 0 Å². The van der Waals surface area contributed by atoms with Crippen LogP contribution in [0, 0.1) is 0 Å². The van der Waals surface area contributed by atoms with Crippen LogP contribution in [0.25, 0.3) is 10.2 Å². The number of rotatable bonds is 10. The van der Waals surface area contributed by atoms with Gasteiger partial charge in [-0.15, -0.1) is 11.3 Å². The van der Waals surface area contributed by atoms with Crippen LogP contribution in [0.3, 0.4) is 0 Å². The summed E-state index contributed by atoms with van der Waals surface area (Å²) in [6, 6.07) is 8.30. The van der Waals surface area contributed by atoms with E-state index in [1.165, 1.54) is 17.5 Å². The lowest BCUT2D eigenvalue weighted by atomic mass is 9.99. The van der Waals surface area contributed by atoms with Gasteiger partial charge in [0.2, 0.25) is 0 Å². The van der Waals surface area contributed by atoms with Crippen molar-refractivity contribution in [1.29, 1.82) is 0 Å². The van der Waals surface area contributed by atoms with Crippen molar-refractivity contribution in [1.82, 2.24) is 4.98 Å². The van der Waals surface area contributed by atoms with Gasteiger partial charge in [-0.1, -0.05) is 29.3 Å². The molecule has 0 bridgehead atoms. The average Bonchev–Trinajstić information content (AvgIpc) is 3.13. The Hall–Kier alpha value is 0.957. The molecule has 2 unspecified atom stereocenters. The Labute approximate surface area is 185 Å². The molecule has 0 radical (unpaired) electrons. The maximum absolute atomic E-state index is 5.70. The summed E-state index contributed by atoms with van der Waals surface area (Å²) in [4.78, 5) is 4.66. The molecule has 1 aromatic heterocycles. The number of hydrogen-bond donors (Lipinski definition) is 0. The number of nitrogens with zero attached hydrogens (tertiary/aromatic N) is 1. The van der Waals surface area contributed by atoms with Gasteiger partial charge >= 0.3 is 8.80 Å². The van der Waals surface area contributed by atoms with Crippen molar-refractivity contribution >= 4 is 81.4 Å². The fourth-order valence-corrected chi connectivity index (χ4v) is 17.0. The van der Waals surface area contributed by atoms with Gasteiger partial charge in [-0.05, 0) is 71.7 Å². The molecular formula is C16H23NO3S6Si. The Bertz CT molecular complexity index is 675. The standard InChI is InChI=1S/C16H23NO3S6Si/c1-18-27(19-2,20-3)13-8-6-7-12(11-13)22-24-26-25-23-16-17-14-9-4-5-10-15(14)21-16/h4-5,9-10,12-13H,6-8,11H2,1-3H3. The molecule has 1 aliphatic carbocycles. The predicted octanol–water partition coefficient (Wildman–Crippen LogP) is 7.17. The average molecular weight is 498 g/mol. The maximum atomic E-state index is 5.70. The molecule has 1 aliphatic rings. The molecule has 0 amide bonds. The zero-order valence-corrected chi connectivity index (χ0v) is 21.3. The Kier molecular flexibility index (Phi) is 9.54. The highest BCUT2D eigenvalue weighted by atomic mass is 33.8. The Morgan fingerprint density at radius 1 is 1.04 bits per heavy atom. The normalized spacial score (nSPS) is 21.0. The van der Waals surface area contributed by atoms with E-state index in [1.54, 1.807) is 53.3 Å². The van der Waals surface area contributed by atoms with Gasteiger partial charge in [0.15, 0.2) is 4.34 Å². The van der Waals surface area contributed by atoms with E-state index in [-0.39, 0.29) is 0 Å². The molecule has 3 rings (SSSR count). The maximum Gasteiger partial charge on any atom is 0.503 e. The van der Waals surface area contributed by atoms with Crippen LogP contribution in [-0.2, 0) is 13.3 Å². The number of thiazole rings is 1. The minimum atomic E-state index is -2.52. The highest BCUT2D eigenvalue weighted by molar-refractivity contribution is 9.35. The highest BCUT2D eigenvalue weighted by Gasteiger charge is 2.48. The molecule has 0 aliphatic heterocycles. The number of aromatic nitrogens is 1. The van der Waals surface area contributed by atoms with E-state index in [9.17, 15) is 0 Å². The van der Waals surface area contributed by atoms with Crippen LogP contribution in [0.15, 0.2) is 28.6 Å². The Balaban J connectivity index is 1.39. The van der Waals surface area contributed by atoms with Crippen LogP contribution in [0.4, 0.5) is 0 Å². The second-order valence-corrected chi connectivity index (χ2v) is 18.4. The summed E-state index contributed by atoms with van der Waals surface area (Å²) in [5.74, 6) is 0. The minimum Gasteiger partial charge on any atom is -0.377 e. The van der Waals surface area contributed by atoms with Crippen molar-refractivity contribution in [2.24, 2.45) is 0 Å². The first-order chi connectivity index (χ1) is 13.2. The van der Waals surface area contributed by atoms with Gasteiger partial charge in [0.1, 0.15) is 0 Å². The molecule has 1 fully saturated rings. The van der Waals surface area contributed by atoms with Gasteiger partial charge in [0, 0.05) is 32.1 Å². The van der Waals surface area contributed by atoms with E-state index in [0.717, 1.165) is 22.7 Å². The summed E-state index contributed by atoms with van der Waals surface area (Å²) in [5.41, 5.74) is 1.49. The first kappa shape index (κ1) is 22.6. The second kappa shape index (κ2) is 11.4.